The highest BCUT2D eigenvalue weighted by Crippen LogP contribution is 2.32. The molecule has 4 aromatic rings. The summed E-state index contributed by atoms with van der Waals surface area (Å²) in [7, 11) is 0. The summed E-state index contributed by atoms with van der Waals surface area (Å²) in [6, 6.07) is 12.8. The van der Waals surface area contributed by atoms with E-state index in [0.29, 0.717) is 35.9 Å². The van der Waals surface area contributed by atoms with Gasteiger partial charge in [-0.05, 0) is 50.5 Å². The Labute approximate surface area is 201 Å². The second kappa shape index (κ2) is 9.92. The first-order valence-corrected chi connectivity index (χ1v) is 11.4. The summed E-state index contributed by atoms with van der Waals surface area (Å²) in [6.45, 7) is 2.38. The van der Waals surface area contributed by atoms with Gasteiger partial charge in [0.1, 0.15) is 12.0 Å². The van der Waals surface area contributed by atoms with Crippen molar-refractivity contribution in [1.82, 2.24) is 29.8 Å². The van der Waals surface area contributed by atoms with E-state index in [2.05, 4.69) is 24.9 Å². The van der Waals surface area contributed by atoms with E-state index in [0.717, 1.165) is 18.4 Å². The molecule has 0 radical (unpaired) electrons. The van der Waals surface area contributed by atoms with Crippen LogP contribution in [0.2, 0.25) is 0 Å². The normalized spacial score (nSPS) is 15.6. The van der Waals surface area contributed by atoms with Crippen molar-refractivity contribution in [3.63, 3.8) is 0 Å². The summed E-state index contributed by atoms with van der Waals surface area (Å²) in [5.74, 6) is 0.112. The van der Waals surface area contributed by atoms with Crippen LogP contribution in [0.15, 0.2) is 67.3 Å². The molecular weight excluding hydrogens is 447 g/mol. The molecule has 0 spiro atoms. The van der Waals surface area contributed by atoms with Crippen LogP contribution in [0.5, 0.6) is 11.6 Å². The number of pyridine rings is 1. The number of halogens is 1. The fourth-order valence-electron chi connectivity index (χ4n) is 4.14. The number of para-hydroxylation sites is 1. The van der Waals surface area contributed by atoms with Crippen LogP contribution in [0.4, 0.5) is 4.39 Å². The zero-order valence-electron chi connectivity index (χ0n) is 19.1. The molecule has 1 amide bonds. The lowest BCUT2D eigenvalue weighted by atomic mass is 10.0. The molecule has 1 saturated heterocycles. The molecule has 1 aliphatic heterocycles. The van der Waals surface area contributed by atoms with E-state index in [1.807, 2.05) is 13.0 Å². The molecule has 8 nitrogen and oxygen atoms in total. The molecule has 1 aliphatic rings. The number of aryl methyl sites for hydroxylation is 1. The molecule has 9 heteroatoms. The molecule has 1 fully saturated rings. The highest BCUT2D eigenvalue weighted by molar-refractivity contribution is 5.93. The maximum Gasteiger partial charge on any atom is 0.273 e. The average molecular weight is 471 g/mol. The van der Waals surface area contributed by atoms with Gasteiger partial charge in [0.15, 0.2) is 17.4 Å². The Balaban J connectivity index is 1.44. The van der Waals surface area contributed by atoms with Crippen molar-refractivity contribution in [3.8, 4) is 22.9 Å². The first-order valence-electron chi connectivity index (χ1n) is 11.4. The third kappa shape index (κ3) is 4.98. The van der Waals surface area contributed by atoms with Crippen LogP contribution in [-0.4, -0.2) is 42.3 Å². The Hall–Kier alpha value is -4.27. The zero-order chi connectivity index (χ0) is 24.2. The largest absolute Gasteiger partial charge is 0.436 e. The molecule has 3 aromatic heterocycles. The zero-order valence-corrected chi connectivity index (χ0v) is 19.1. The molecule has 35 heavy (non-hydrogen) atoms. The van der Waals surface area contributed by atoms with E-state index in [1.54, 1.807) is 53.7 Å². The van der Waals surface area contributed by atoms with Gasteiger partial charge in [0.2, 0.25) is 5.88 Å². The Kier molecular flexibility index (Phi) is 6.38. The number of hydrogen-bond acceptors (Lipinski definition) is 7. The maximum absolute atomic E-state index is 14.1. The third-order valence-electron chi connectivity index (χ3n) is 5.79. The first kappa shape index (κ1) is 22.5. The molecule has 176 valence electrons. The van der Waals surface area contributed by atoms with Gasteiger partial charge in [-0.1, -0.05) is 18.2 Å². The van der Waals surface area contributed by atoms with Crippen molar-refractivity contribution in [2.24, 2.45) is 0 Å². The topological polar surface area (TPSA) is 94.0 Å². The van der Waals surface area contributed by atoms with Crippen LogP contribution >= 0.6 is 0 Å². The second-order valence-corrected chi connectivity index (χ2v) is 8.28. The number of carbonyl (C=O) groups excluding carboxylic acids is 1. The van der Waals surface area contributed by atoms with Crippen LogP contribution in [0, 0.1) is 12.7 Å². The number of amides is 1. The highest BCUT2D eigenvalue weighted by Gasteiger charge is 2.32. The van der Waals surface area contributed by atoms with Crippen molar-refractivity contribution in [3.05, 3.63) is 90.3 Å². The highest BCUT2D eigenvalue weighted by atomic mass is 19.1. The van der Waals surface area contributed by atoms with Crippen LogP contribution in [-0.2, 0) is 0 Å². The summed E-state index contributed by atoms with van der Waals surface area (Å²) in [5.41, 5.74) is 2.35. The lowest BCUT2D eigenvalue weighted by Crippen LogP contribution is -2.39. The van der Waals surface area contributed by atoms with Gasteiger partial charge >= 0.3 is 0 Å². The smallest absolute Gasteiger partial charge is 0.273 e. The Morgan fingerprint density at radius 2 is 1.86 bits per heavy atom. The monoisotopic (exact) mass is 470 g/mol. The average Bonchev–Trinajstić information content (AvgIpc) is 2.90. The summed E-state index contributed by atoms with van der Waals surface area (Å²) in [4.78, 5) is 37.1. The third-order valence-corrected chi connectivity index (χ3v) is 5.79. The number of likely N-dealkylation sites (tertiary alicyclic amines) is 1. The minimum Gasteiger partial charge on any atom is -0.436 e. The molecule has 0 saturated carbocycles. The van der Waals surface area contributed by atoms with Crippen LogP contribution < -0.4 is 4.74 Å². The van der Waals surface area contributed by atoms with Gasteiger partial charge in [0, 0.05) is 36.3 Å². The lowest BCUT2D eigenvalue weighted by molar-refractivity contribution is 0.0592. The predicted octanol–water partition coefficient (Wildman–Crippen LogP) is 4.94. The summed E-state index contributed by atoms with van der Waals surface area (Å²) in [5, 5.41) is 0. The molecule has 4 heterocycles. The fourth-order valence-corrected chi connectivity index (χ4v) is 4.14. The number of carbonyl (C=O) groups is 1. The predicted molar refractivity (Wildman–Crippen MR) is 126 cm³/mol. The van der Waals surface area contributed by atoms with Crippen molar-refractivity contribution < 1.29 is 13.9 Å². The SMILES string of the molecule is Cc1cc(Oc2ccccc2F)nc(C2CCCCN2C(=O)c2cccc(-c3cncnc3)n2)n1. The van der Waals surface area contributed by atoms with Crippen molar-refractivity contribution >= 4 is 5.91 Å². The molecular formula is C26H23FN6O2. The van der Waals surface area contributed by atoms with Crippen molar-refractivity contribution in [2.75, 3.05) is 6.54 Å². The molecule has 5 rings (SSSR count). The molecule has 1 unspecified atom stereocenters. The van der Waals surface area contributed by atoms with E-state index in [4.69, 9.17) is 4.74 Å². The number of ether oxygens (including phenoxy) is 1. The molecule has 1 atom stereocenters. The molecule has 0 bridgehead atoms. The van der Waals surface area contributed by atoms with Crippen LogP contribution in [0.3, 0.4) is 0 Å². The number of rotatable bonds is 5. The Bertz CT molecular complexity index is 1350. The second-order valence-electron chi connectivity index (χ2n) is 8.28. The van der Waals surface area contributed by atoms with Gasteiger partial charge in [-0.3, -0.25) is 4.79 Å². The van der Waals surface area contributed by atoms with E-state index in [-0.39, 0.29) is 23.6 Å². The van der Waals surface area contributed by atoms with E-state index < -0.39 is 5.82 Å². The number of nitrogens with zero attached hydrogens (tertiary/aromatic N) is 6. The lowest BCUT2D eigenvalue weighted by Gasteiger charge is -2.34. The Morgan fingerprint density at radius 1 is 1.03 bits per heavy atom. The van der Waals surface area contributed by atoms with Gasteiger partial charge in [-0.25, -0.2) is 24.3 Å². The van der Waals surface area contributed by atoms with E-state index in [9.17, 15) is 9.18 Å². The number of aromatic nitrogens is 5. The molecule has 1 aromatic carbocycles. The van der Waals surface area contributed by atoms with Crippen molar-refractivity contribution in [1.29, 1.82) is 0 Å². The molecule has 0 N–H and O–H groups in total. The van der Waals surface area contributed by atoms with Crippen LogP contribution in [0.25, 0.3) is 11.3 Å². The minimum atomic E-state index is -0.477. The van der Waals surface area contributed by atoms with Crippen LogP contribution in [0.1, 0.15) is 47.3 Å². The number of hydrogen-bond donors (Lipinski definition) is 0. The van der Waals surface area contributed by atoms with Gasteiger partial charge in [-0.2, -0.15) is 4.98 Å². The van der Waals surface area contributed by atoms with Gasteiger partial charge in [-0.15, -0.1) is 0 Å². The standard InChI is InChI=1S/C26H23FN6O2/c1-17-13-24(35-23-11-3-2-7-19(23)27)32-25(30-17)22-10-4-5-12-33(22)26(34)21-9-6-8-20(31-21)18-14-28-16-29-15-18/h2-3,6-9,11,13-16,22H,4-5,10,12H2,1H3. The minimum absolute atomic E-state index is 0.0824. The fraction of sp³-hybridized carbons (Fsp3) is 0.231. The summed E-state index contributed by atoms with van der Waals surface area (Å²) in [6.07, 6.45) is 7.28. The number of piperidine rings is 1. The summed E-state index contributed by atoms with van der Waals surface area (Å²) >= 11 is 0. The van der Waals surface area contributed by atoms with Crippen molar-refractivity contribution in [2.45, 2.75) is 32.2 Å². The van der Waals surface area contributed by atoms with Gasteiger partial charge in [0.25, 0.3) is 5.91 Å². The molecule has 0 aliphatic carbocycles. The van der Waals surface area contributed by atoms with E-state index in [1.165, 1.54) is 12.4 Å². The van der Waals surface area contributed by atoms with Gasteiger partial charge in [0.05, 0.1) is 11.7 Å². The number of benzene rings is 1. The van der Waals surface area contributed by atoms with Gasteiger partial charge < -0.3 is 9.64 Å². The van der Waals surface area contributed by atoms with E-state index >= 15 is 0 Å². The quantitative estimate of drug-likeness (QED) is 0.408. The maximum atomic E-state index is 14.1. The Morgan fingerprint density at radius 3 is 2.69 bits per heavy atom. The summed E-state index contributed by atoms with van der Waals surface area (Å²) < 4.78 is 19.8. The first-order chi connectivity index (χ1) is 17.1.